The summed E-state index contributed by atoms with van der Waals surface area (Å²) < 4.78 is 41.1. The van der Waals surface area contributed by atoms with Gasteiger partial charge >= 0.3 is 7.25 Å². The Morgan fingerprint density at radius 3 is 1.59 bits per heavy atom. The van der Waals surface area contributed by atoms with Crippen LogP contribution in [0.2, 0.25) is 0 Å². The molecule has 0 aliphatic rings. The Morgan fingerprint density at radius 1 is 0.706 bits per heavy atom. The number of hydrogen-bond donors (Lipinski definition) is 0. The lowest BCUT2D eigenvalue weighted by Crippen LogP contribution is -2.28. The van der Waals surface area contributed by atoms with Crippen molar-refractivity contribution in [3.8, 4) is 5.69 Å². The van der Waals surface area contributed by atoms with Gasteiger partial charge in [-0.2, -0.15) is 4.57 Å². The maximum atomic E-state index is 9.75. The second kappa shape index (κ2) is 6.03. The van der Waals surface area contributed by atoms with Crippen molar-refractivity contribution in [1.29, 1.82) is 0 Å². The van der Waals surface area contributed by atoms with Crippen LogP contribution in [-0.2, 0) is 0 Å². The molecule has 0 fully saturated rings. The molecular formula is C11H10BF4N. The molecule has 90 valence electrons. The van der Waals surface area contributed by atoms with Crippen molar-refractivity contribution in [2.75, 3.05) is 0 Å². The highest BCUT2D eigenvalue weighted by molar-refractivity contribution is 6.50. The number of nitrogens with zero attached hydrogens (tertiary/aromatic N) is 1. The highest BCUT2D eigenvalue weighted by Crippen LogP contribution is 2.06. The van der Waals surface area contributed by atoms with Crippen LogP contribution in [0.3, 0.4) is 0 Å². The molecule has 1 aromatic carbocycles. The van der Waals surface area contributed by atoms with Crippen LogP contribution in [0.4, 0.5) is 17.3 Å². The first-order valence-electron chi connectivity index (χ1n) is 4.86. The third kappa shape index (κ3) is 6.34. The Bertz CT molecular complexity index is 387. The second-order valence-corrected chi connectivity index (χ2v) is 3.11. The molecule has 0 radical (unpaired) electrons. The number of pyridine rings is 1. The van der Waals surface area contributed by atoms with Crippen molar-refractivity contribution in [2.24, 2.45) is 0 Å². The molecule has 0 spiro atoms. The van der Waals surface area contributed by atoms with Crippen LogP contribution in [0, 0.1) is 0 Å². The summed E-state index contributed by atoms with van der Waals surface area (Å²) in [5, 5.41) is 0. The predicted molar refractivity (Wildman–Crippen MR) is 58.2 cm³/mol. The zero-order valence-electron chi connectivity index (χ0n) is 8.81. The summed E-state index contributed by atoms with van der Waals surface area (Å²) in [4.78, 5) is 0. The molecule has 0 aliphatic heterocycles. The smallest absolute Gasteiger partial charge is 0.418 e. The number of halogens is 4. The summed E-state index contributed by atoms with van der Waals surface area (Å²) >= 11 is 0. The second-order valence-electron chi connectivity index (χ2n) is 3.11. The first-order valence-corrected chi connectivity index (χ1v) is 4.86. The van der Waals surface area contributed by atoms with E-state index >= 15 is 0 Å². The first kappa shape index (κ1) is 13.2. The lowest BCUT2D eigenvalue weighted by Gasteiger charge is -1.94. The van der Waals surface area contributed by atoms with Gasteiger partial charge in [-0.25, -0.2) is 0 Å². The number of rotatable bonds is 1. The fourth-order valence-corrected chi connectivity index (χ4v) is 1.17. The van der Waals surface area contributed by atoms with E-state index in [1.807, 2.05) is 48.8 Å². The Morgan fingerprint density at radius 2 is 1.12 bits per heavy atom. The van der Waals surface area contributed by atoms with Gasteiger partial charge in [0.15, 0.2) is 12.4 Å². The van der Waals surface area contributed by atoms with E-state index in [0.717, 1.165) is 0 Å². The van der Waals surface area contributed by atoms with E-state index in [1.165, 1.54) is 5.69 Å². The molecule has 1 nitrogen and oxygen atoms in total. The molecule has 1 heterocycles. The molecule has 0 N–H and O–H groups in total. The van der Waals surface area contributed by atoms with Gasteiger partial charge in [-0.1, -0.05) is 24.3 Å². The quantitative estimate of drug-likeness (QED) is 0.411. The summed E-state index contributed by atoms with van der Waals surface area (Å²) in [6.07, 6.45) is 4.07. The van der Waals surface area contributed by atoms with E-state index < -0.39 is 7.25 Å². The third-order valence-electron chi connectivity index (χ3n) is 1.77. The minimum atomic E-state index is -6.00. The van der Waals surface area contributed by atoms with E-state index in [0.29, 0.717) is 0 Å². The molecule has 0 amide bonds. The summed E-state index contributed by atoms with van der Waals surface area (Å²) in [6.45, 7) is 0. The predicted octanol–water partition coefficient (Wildman–Crippen LogP) is 3.26. The zero-order chi connectivity index (χ0) is 12.7. The Kier molecular flexibility index (Phi) is 4.69. The summed E-state index contributed by atoms with van der Waals surface area (Å²) in [5.74, 6) is 0. The van der Waals surface area contributed by atoms with Crippen LogP contribution in [-0.4, -0.2) is 7.25 Å². The van der Waals surface area contributed by atoms with Crippen molar-refractivity contribution < 1.29 is 21.8 Å². The highest BCUT2D eigenvalue weighted by Gasteiger charge is 2.20. The van der Waals surface area contributed by atoms with Crippen LogP contribution >= 0.6 is 0 Å². The van der Waals surface area contributed by atoms with Gasteiger partial charge in [-0.3, -0.25) is 0 Å². The average molecular weight is 243 g/mol. The van der Waals surface area contributed by atoms with E-state index in [2.05, 4.69) is 16.7 Å². The van der Waals surface area contributed by atoms with Crippen molar-refractivity contribution in [2.45, 2.75) is 0 Å². The molecule has 6 heteroatoms. The Hall–Kier alpha value is -1.85. The molecule has 0 saturated heterocycles. The maximum absolute atomic E-state index is 9.75. The fraction of sp³-hybridized carbons (Fsp3) is 0. The van der Waals surface area contributed by atoms with Crippen molar-refractivity contribution in [1.82, 2.24) is 0 Å². The molecule has 17 heavy (non-hydrogen) atoms. The van der Waals surface area contributed by atoms with Crippen LogP contribution in [0.15, 0.2) is 60.9 Å². The number of aromatic nitrogens is 1. The largest absolute Gasteiger partial charge is 0.673 e. The van der Waals surface area contributed by atoms with Gasteiger partial charge in [0, 0.05) is 24.3 Å². The summed E-state index contributed by atoms with van der Waals surface area (Å²) in [7, 11) is -6.00. The molecule has 0 bridgehead atoms. The van der Waals surface area contributed by atoms with Crippen molar-refractivity contribution >= 4 is 7.25 Å². The molecular weight excluding hydrogens is 233 g/mol. The lowest BCUT2D eigenvalue weighted by molar-refractivity contribution is -0.595. The van der Waals surface area contributed by atoms with Gasteiger partial charge in [0.1, 0.15) is 0 Å². The number of benzene rings is 1. The zero-order valence-corrected chi connectivity index (χ0v) is 8.81. The highest BCUT2D eigenvalue weighted by atomic mass is 19.5. The van der Waals surface area contributed by atoms with Crippen LogP contribution in [0.25, 0.3) is 5.69 Å². The summed E-state index contributed by atoms with van der Waals surface area (Å²) in [6, 6.07) is 16.3. The lowest BCUT2D eigenvalue weighted by atomic mass is 10.3. The molecule has 1 aromatic heterocycles. The van der Waals surface area contributed by atoms with Crippen molar-refractivity contribution in [3.63, 3.8) is 0 Å². The van der Waals surface area contributed by atoms with E-state index in [-0.39, 0.29) is 0 Å². The standard InChI is InChI=1S/C11H10N.BF4/c1-3-7-11(8-4-1)12-9-5-2-6-10-12;2-1(3,4)5/h1-10H;/q+1;-1. The minimum Gasteiger partial charge on any atom is -0.418 e. The molecule has 2 rings (SSSR count). The van der Waals surface area contributed by atoms with Gasteiger partial charge in [-0.05, 0) is 0 Å². The van der Waals surface area contributed by atoms with Gasteiger partial charge < -0.3 is 17.3 Å². The summed E-state index contributed by atoms with van der Waals surface area (Å²) in [5.41, 5.74) is 1.19. The molecule has 2 aromatic rings. The van der Waals surface area contributed by atoms with Gasteiger partial charge in [0.25, 0.3) is 0 Å². The third-order valence-corrected chi connectivity index (χ3v) is 1.77. The molecule has 0 saturated carbocycles. The SMILES string of the molecule is F[B-](F)(F)F.c1ccc(-[n+]2ccccc2)cc1. The molecule has 0 unspecified atom stereocenters. The van der Waals surface area contributed by atoms with E-state index in [1.54, 1.807) is 0 Å². The normalized spacial score (nSPS) is 10.4. The Labute approximate surface area is 96.4 Å². The van der Waals surface area contributed by atoms with Crippen LogP contribution in [0.1, 0.15) is 0 Å². The first-order chi connectivity index (χ1) is 7.97. The maximum Gasteiger partial charge on any atom is 0.673 e. The average Bonchev–Trinajstić information content (AvgIpc) is 2.29. The topological polar surface area (TPSA) is 3.88 Å². The Balaban J connectivity index is 0.000000249. The van der Waals surface area contributed by atoms with E-state index in [4.69, 9.17) is 0 Å². The van der Waals surface area contributed by atoms with Crippen LogP contribution < -0.4 is 4.57 Å². The van der Waals surface area contributed by atoms with Gasteiger partial charge in [0.05, 0.1) is 0 Å². The number of hydrogen-bond acceptors (Lipinski definition) is 0. The van der Waals surface area contributed by atoms with E-state index in [9.17, 15) is 17.3 Å². The van der Waals surface area contributed by atoms with Gasteiger partial charge in [-0.15, -0.1) is 0 Å². The van der Waals surface area contributed by atoms with Crippen LogP contribution in [0.5, 0.6) is 0 Å². The molecule has 0 atom stereocenters. The van der Waals surface area contributed by atoms with Gasteiger partial charge in [0.2, 0.25) is 5.69 Å². The van der Waals surface area contributed by atoms with Crippen molar-refractivity contribution in [3.05, 3.63) is 60.9 Å². The fourth-order valence-electron chi connectivity index (χ4n) is 1.17. The molecule has 0 aliphatic carbocycles. The monoisotopic (exact) mass is 243 g/mol. The number of para-hydroxylation sites is 1. The minimum absolute atomic E-state index is 1.19.